The molecule has 0 saturated carbocycles. The Bertz CT molecular complexity index is 829. The van der Waals surface area contributed by atoms with Crippen LogP contribution >= 0.6 is 0 Å². The number of likely N-dealkylation sites (N-methyl/N-ethyl adjacent to an activating group) is 1. The zero-order valence-corrected chi connectivity index (χ0v) is 15.4. The molecule has 1 N–H and O–H groups in total. The number of ether oxygens (including phenoxy) is 1. The van der Waals surface area contributed by atoms with Crippen LogP contribution in [0.5, 0.6) is 0 Å². The van der Waals surface area contributed by atoms with Crippen molar-refractivity contribution < 1.29 is 23.9 Å². The molecule has 8 nitrogen and oxygen atoms in total. The van der Waals surface area contributed by atoms with Gasteiger partial charge in [-0.15, -0.1) is 0 Å². The van der Waals surface area contributed by atoms with Crippen molar-refractivity contribution in [3.8, 4) is 0 Å². The zero-order chi connectivity index (χ0) is 20.0. The molecule has 2 rings (SSSR count). The van der Waals surface area contributed by atoms with E-state index in [-0.39, 0.29) is 18.0 Å². The first-order chi connectivity index (χ1) is 12.8. The first-order valence-electron chi connectivity index (χ1n) is 8.24. The summed E-state index contributed by atoms with van der Waals surface area (Å²) in [5.74, 6) is -1.59. The second-order valence-electron chi connectivity index (χ2n) is 6.09. The SMILES string of the molecule is Cc1cccc(C)c1NC(=O)CN(C)C(=O)COC(=O)c1cc[n+]([O-])cc1. The monoisotopic (exact) mass is 371 g/mol. The van der Waals surface area contributed by atoms with E-state index in [1.54, 1.807) is 0 Å². The van der Waals surface area contributed by atoms with E-state index in [9.17, 15) is 19.6 Å². The summed E-state index contributed by atoms with van der Waals surface area (Å²) in [4.78, 5) is 37.3. The molecule has 0 spiro atoms. The van der Waals surface area contributed by atoms with Gasteiger partial charge in [0.25, 0.3) is 5.91 Å². The van der Waals surface area contributed by atoms with Crippen LogP contribution < -0.4 is 10.0 Å². The summed E-state index contributed by atoms with van der Waals surface area (Å²) in [5.41, 5.74) is 2.72. The number of nitrogens with one attached hydrogen (secondary N) is 1. The van der Waals surface area contributed by atoms with Crippen molar-refractivity contribution in [1.82, 2.24) is 4.90 Å². The number of aryl methyl sites for hydroxylation is 2. The number of para-hydroxylation sites is 1. The second-order valence-corrected chi connectivity index (χ2v) is 6.09. The van der Waals surface area contributed by atoms with Crippen molar-refractivity contribution in [2.75, 3.05) is 25.5 Å². The van der Waals surface area contributed by atoms with Crippen molar-refractivity contribution in [1.29, 1.82) is 0 Å². The lowest BCUT2D eigenvalue weighted by atomic mass is 10.1. The van der Waals surface area contributed by atoms with Gasteiger partial charge < -0.3 is 20.2 Å². The highest BCUT2D eigenvalue weighted by molar-refractivity contribution is 5.96. The average molecular weight is 371 g/mol. The standard InChI is InChI=1S/C19H21N3O5/c1-13-5-4-6-14(2)18(13)20-16(23)11-21(3)17(24)12-27-19(25)15-7-9-22(26)10-8-15/h4-10H,11-12H2,1-3H3,(H,20,23). The maximum Gasteiger partial charge on any atom is 0.339 e. The molecular formula is C19H21N3O5. The number of rotatable bonds is 6. The molecule has 1 aromatic heterocycles. The van der Waals surface area contributed by atoms with Gasteiger partial charge in [0.2, 0.25) is 5.91 Å². The Kier molecular flexibility index (Phi) is 6.48. The number of carbonyl (C=O) groups is 3. The predicted molar refractivity (Wildman–Crippen MR) is 97.9 cm³/mol. The van der Waals surface area contributed by atoms with Crippen LogP contribution in [0.15, 0.2) is 42.7 Å². The Balaban J connectivity index is 1.85. The van der Waals surface area contributed by atoms with E-state index in [1.165, 1.54) is 24.1 Å². The maximum atomic E-state index is 12.2. The third-order valence-electron chi connectivity index (χ3n) is 3.92. The molecule has 0 unspecified atom stereocenters. The largest absolute Gasteiger partial charge is 0.619 e. The van der Waals surface area contributed by atoms with Gasteiger partial charge in [-0.25, -0.2) is 4.79 Å². The van der Waals surface area contributed by atoms with Gasteiger partial charge in [-0.3, -0.25) is 9.59 Å². The summed E-state index contributed by atoms with van der Waals surface area (Å²) >= 11 is 0. The van der Waals surface area contributed by atoms with Gasteiger partial charge >= 0.3 is 5.97 Å². The van der Waals surface area contributed by atoms with E-state index >= 15 is 0 Å². The number of hydrogen-bond acceptors (Lipinski definition) is 5. The number of anilines is 1. The van der Waals surface area contributed by atoms with Crippen molar-refractivity contribution in [3.05, 3.63) is 64.6 Å². The minimum atomic E-state index is -0.725. The Morgan fingerprint density at radius 1 is 1.11 bits per heavy atom. The summed E-state index contributed by atoms with van der Waals surface area (Å²) in [6.07, 6.45) is 2.31. The van der Waals surface area contributed by atoms with Crippen LogP contribution in [0.2, 0.25) is 0 Å². The summed E-state index contributed by atoms with van der Waals surface area (Å²) < 4.78 is 5.45. The number of aromatic nitrogens is 1. The zero-order valence-electron chi connectivity index (χ0n) is 15.4. The lowest BCUT2D eigenvalue weighted by molar-refractivity contribution is -0.605. The van der Waals surface area contributed by atoms with Crippen LogP contribution in [0, 0.1) is 19.1 Å². The van der Waals surface area contributed by atoms with Crippen LogP contribution in [0.4, 0.5) is 5.69 Å². The number of amides is 2. The second kappa shape index (κ2) is 8.79. The van der Waals surface area contributed by atoms with E-state index in [2.05, 4.69) is 5.32 Å². The molecule has 0 radical (unpaired) electrons. The summed E-state index contributed by atoms with van der Waals surface area (Å²) in [6, 6.07) is 8.25. The minimum absolute atomic E-state index is 0.158. The topological polar surface area (TPSA) is 103 Å². The summed E-state index contributed by atoms with van der Waals surface area (Å²) in [6.45, 7) is 3.09. The van der Waals surface area contributed by atoms with Crippen molar-refractivity contribution in [3.63, 3.8) is 0 Å². The van der Waals surface area contributed by atoms with Gasteiger partial charge in [0.1, 0.15) is 0 Å². The smallest absolute Gasteiger partial charge is 0.339 e. The van der Waals surface area contributed by atoms with E-state index in [1.807, 2.05) is 32.0 Å². The number of carbonyl (C=O) groups excluding carboxylic acids is 3. The fraction of sp³-hybridized carbons (Fsp3) is 0.263. The van der Waals surface area contributed by atoms with Crippen LogP contribution in [0.25, 0.3) is 0 Å². The number of hydrogen-bond donors (Lipinski definition) is 1. The number of benzene rings is 1. The Labute approximate surface area is 156 Å². The molecule has 2 aromatic rings. The fourth-order valence-corrected chi connectivity index (χ4v) is 2.36. The molecule has 0 aliphatic carbocycles. The molecule has 27 heavy (non-hydrogen) atoms. The first-order valence-corrected chi connectivity index (χ1v) is 8.24. The summed E-state index contributed by atoms with van der Waals surface area (Å²) in [5, 5.41) is 13.7. The lowest BCUT2D eigenvalue weighted by Crippen LogP contribution is -2.37. The predicted octanol–water partition coefficient (Wildman–Crippen LogP) is 1.19. The molecule has 2 amide bonds. The van der Waals surface area contributed by atoms with Crippen molar-refractivity contribution in [2.24, 2.45) is 0 Å². The molecule has 8 heteroatoms. The molecule has 1 heterocycles. The van der Waals surface area contributed by atoms with Crippen LogP contribution in [0.1, 0.15) is 21.5 Å². The van der Waals surface area contributed by atoms with Crippen molar-refractivity contribution in [2.45, 2.75) is 13.8 Å². The highest BCUT2D eigenvalue weighted by Gasteiger charge is 2.17. The van der Waals surface area contributed by atoms with Crippen molar-refractivity contribution >= 4 is 23.5 Å². The van der Waals surface area contributed by atoms with Gasteiger partial charge in [0, 0.05) is 24.9 Å². The first kappa shape index (κ1) is 19.9. The van der Waals surface area contributed by atoms with E-state index in [0.717, 1.165) is 29.2 Å². The molecule has 1 aromatic carbocycles. The van der Waals surface area contributed by atoms with Crippen LogP contribution in [-0.4, -0.2) is 42.9 Å². The lowest BCUT2D eigenvalue weighted by Gasteiger charge is -2.18. The molecule has 0 aliphatic heterocycles. The molecule has 142 valence electrons. The van der Waals surface area contributed by atoms with Crippen LogP contribution in [0.3, 0.4) is 0 Å². The normalized spacial score (nSPS) is 10.2. The Morgan fingerprint density at radius 2 is 1.70 bits per heavy atom. The van der Waals surface area contributed by atoms with E-state index < -0.39 is 18.5 Å². The van der Waals surface area contributed by atoms with Gasteiger partial charge in [0.15, 0.2) is 19.0 Å². The third-order valence-corrected chi connectivity index (χ3v) is 3.92. The minimum Gasteiger partial charge on any atom is -0.619 e. The summed E-state index contributed by atoms with van der Waals surface area (Å²) in [7, 11) is 1.45. The van der Waals surface area contributed by atoms with Gasteiger partial charge in [-0.2, -0.15) is 4.73 Å². The van der Waals surface area contributed by atoms with E-state index in [4.69, 9.17) is 4.74 Å². The van der Waals surface area contributed by atoms with Gasteiger partial charge in [-0.05, 0) is 25.0 Å². The Morgan fingerprint density at radius 3 is 2.30 bits per heavy atom. The van der Waals surface area contributed by atoms with Crippen LogP contribution in [-0.2, 0) is 14.3 Å². The van der Waals surface area contributed by atoms with E-state index in [0.29, 0.717) is 4.73 Å². The number of esters is 1. The van der Waals surface area contributed by atoms with Gasteiger partial charge in [-0.1, -0.05) is 18.2 Å². The maximum absolute atomic E-state index is 12.2. The molecular weight excluding hydrogens is 350 g/mol. The fourth-order valence-electron chi connectivity index (χ4n) is 2.36. The number of pyridine rings is 1. The quantitative estimate of drug-likeness (QED) is 0.467. The third kappa shape index (κ3) is 5.53. The Hall–Kier alpha value is -3.42. The number of nitrogens with zero attached hydrogens (tertiary/aromatic N) is 2. The molecule has 0 aliphatic rings. The highest BCUT2D eigenvalue weighted by atomic mass is 16.5. The molecule has 0 atom stereocenters. The molecule has 0 fully saturated rings. The van der Waals surface area contributed by atoms with Gasteiger partial charge in [0.05, 0.1) is 12.1 Å². The average Bonchev–Trinajstić information content (AvgIpc) is 2.63. The molecule has 0 bridgehead atoms. The molecule has 0 saturated heterocycles. The highest BCUT2D eigenvalue weighted by Crippen LogP contribution is 2.19.